The molecule has 0 unspecified atom stereocenters. The van der Waals surface area contributed by atoms with Gasteiger partial charge in [0.05, 0.1) is 11.0 Å². The van der Waals surface area contributed by atoms with Gasteiger partial charge in [0.15, 0.2) is 0 Å². The van der Waals surface area contributed by atoms with E-state index in [4.69, 9.17) is 0 Å². The normalized spacial score (nSPS) is 13.4. The summed E-state index contributed by atoms with van der Waals surface area (Å²) in [6, 6.07) is 48.8. The average Bonchev–Trinajstić information content (AvgIpc) is 3.46. The molecule has 0 radical (unpaired) electrons. The highest BCUT2D eigenvalue weighted by atomic mass is 79.9. The Morgan fingerprint density at radius 3 is 2.05 bits per heavy atom. The first-order chi connectivity index (χ1) is 20.0. The molecule has 0 fully saturated rings. The fourth-order valence-electron chi connectivity index (χ4n) is 6.82. The van der Waals surface area contributed by atoms with Crippen molar-refractivity contribution in [3.63, 3.8) is 0 Å². The van der Waals surface area contributed by atoms with Crippen molar-refractivity contribution in [3.05, 3.63) is 149 Å². The molecule has 1 aromatic heterocycles. The molecule has 0 spiro atoms. The van der Waals surface area contributed by atoms with Crippen LogP contribution < -0.4 is 0 Å². The van der Waals surface area contributed by atoms with Crippen LogP contribution in [0, 0.1) is 0 Å². The zero-order valence-corrected chi connectivity index (χ0v) is 24.6. The molecule has 1 aliphatic rings. The van der Waals surface area contributed by atoms with Crippen LogP contribution in [0.15, 0.2) is 138 Å². The summed E-state index contributed by atoms with van der Waals surface area (Å²) in [5.74, 6) is 0. The number of rotatable bonds is 3. The lowest BCUT2D eigenvalue weighted by Gasteiger charge is -2.22. The maximum absolute atomic E-state index is 3.73. The lowest BCUT2D eigenvalue weighted by Crippen LogP contribution is -2.15. The molecule has 41 heavy (non-hydrogen) atoms. The van der Waals surface area contributed by atoms with Gasteiger partial charge in [-0.2, -0.15) is 0 Å². The number of nitrogens with zero attached hydrogens (tertiary/aromatic N) is 1. The van der Waals surface area contributed by atoms with Crippen molar-refractivity contribution in [2.24, 2.45) is 0 Å². The van der Waals surface area contributed by atoms with Gasteiger partial charge in [-0.05, 0) is 87.0 Å². The smallest absolute Gasteiger partial charge is 0.0541 e. The highest BCUT2D eigenvalue weighted by Gasteiger charge is 2.35. The zero-order chi connectivity index (χ0) is 27.7. The molecule has 196 valence electrons. The first-order valence-corrected chi connectivity index (χ1v) is 14.9. The van der Waals surface area contributed by atoms with Crippen LogP contribution in [0.3, 0.4) is 0 Å². The average molecular weight is 591 g/mol. The SMILES string of the molecule is CC1(C)c2ccccc2-c2ccc(-n3c4ccccc4c4cc(-c5cccc(-c6ccccc6Br)c5)ccc43)cc21. The van der Waals surface area contributed by atoms with E-state index in [0.29, 0.717) is 0 Å². The maximum Gasteiger partial charge on any atom is 0.0541 e. The van der Waals surface area contributed by atoms with E-state index in [2.05, 4.69) is 168 Å². The topological polar surface area (TPSA) is 4.93 Å². The third-order valence-corrected chi connectivity index (χ3v) is 9.57. The van der Waals surface area contributed by atoms with Gasteiger partial charge in [-0.3, -0.25) is 0 Å². The van der Waals surface area contributed by atoms with Crippen LogP contribution in [0.25, 0.3) is 60.9 Å². The molecule has 7 aromatic rings. The van der Waals surface area contributed by atoms with E-state index in [9.17, 15) is 0 Å². The van der Waals surface area contributed by atoms with Crippen LogP contribution in [0.1, 0.15) is 25.0 Å². The van der Waals surface area contributed by atoms with Crippen molar-refractivity contribution in [3.8, 4) is 39.1 Å². The van der Waals surface area contributed by atoms with Crippen LogP contribution in [-0.4, -0.2) is 4.57 Å². The molecule has 1 heterocycles. The lowest BCUT2D eigenvalue weighted by atomic mass is 9.82. The van der Waals surface area contributed by atoms with Gasteiger partial charge < -0.3 is 4.57 Å². The maximum atomic E-state index is 3.73. The Labute approximate surface area is 248 Å². The second kappa shape index (κ2) is 9.06. The van der Waals surface area contributed by atoms with Crippen LogP contribution in [-0.2, 0) is 5.41 Å². The number of para-hydroxylation sites is 1. The minimum Gasteiger partial charge on any atom is -0.309 e. The number of hydrogen-bond donors (Lipinski definition) is 0. The zero-order valence-electron chi connectivity index (χ0n) is 23.0. The summed E-state index contributed by atoms with van der Waals surface area (Å²) in [5, 5.41) is 2.54. The third-order valence-electron chi connectivity index (χ3n) is 8.88. The third kappa shape index (κ3) is 3.67. The molecule has 0 aliphatic heterocycles. The van der Waals surface area contributed by atoms with Crippen molar-refractivity contribution in [2.75, 3.05) is 0 Å². The molecule has 2 heteroatoms. The van der Waals surface area contributed by atoms with Gasteiger partial charge in [-0.15, -0.1) is 0 Å². The van der Waals surface area contributed by atoms with Crippen molar-refractivity contribution >= 4 is 37.7 Å². The van der Waals surface area contributed by atoms with Crippen molar-refractivity contribution in [1.82, 2.24) is 4.57 Å². The minimum atomic E-state index is -0.0351. The van der Waals surface area contributed by atoms with Gasteiger partial charge in [0.25, 0.3) is 0 Å². The van der Waals surface area contributed by atoms with Crippen LogP contribution >= 0.6 is 15.9 Å². The second-order valence-electron chi connectivity index (χ2n) is 11.5. The molecule has 8 rings (SSSR count). The molecule has 1 nitrogen and oxygen atoms in total. The molecule has 0 saturated carbocycles. The monoisotopic (exact) mass is 589 g/mol. The standard InChI is InChI=1S/C39H28BrN/c1-39(2)34-15-6-3-13-30(34)31-20-19-28(24-35(31)39)41-37-17-8-5-14-32(37)33-23-26(18-21-38(33)41)25-10-9-11-27(22-25)29-12-4-7-16-36(29)40/h3-24H,1-2H3. The summed E-state index contributed by atoms with van der Waals surface area (Å²) in [6.45, 7) is 4.70. The summed E-state index contributed by atoms with van der Waals surface area (Å²) in [4.78, 5) is 0. The van der Waals surface area contributed by atoms with E-state index in [0.717, 1.165) is 4.47 Å². The van der Waals surface area contributed by atoms with Gasteiger partial charge in [0, 0.05) is 26.3 Å². The first-order valence-electron chi connectivity index (χ1n) is 14.1. The summed E-state index contributed by atoms with van der Waals surface area (Å²) >= 11 is 3.73. The number of aromatic nitrogens is 1. The summed E-state index contributed by atoms with van der Waals surface area (Å²) in [5.41, 5.74) is 14.0. The molecule has 0 atom stereocenters. The Balaban J connectivity index is 1.30. The van der Waals surface area contributed by atoms with Gasteiger partial charge in [-0.1, -0.05) is 121 Å². The summed E-state index contributed by atoms with van der Waals surface area (Å²) in [6.07, 6.45) is 0. The van der Waals surface area contributed by atoms with Crippen molar-refractivity contribution in [1.29, 1.82) is 0 Å². The number of hydrogen-bond acceptors (Lipinski definition) is 0. The van der Waals surface area contributed by atoms with Crippen LogP contribution in [0.4, 0.5) is 0 Å². The van der Waals surface area contributed by atoms with E-state index in [1.807, 2.05) is 0 Å². The lowest BCUT2D eigenvalue weighted by molar-refractivity contribution is 0.660. The van der Waals surface area contributed by atoms with Crippen molar-refractivity contribution in [2.45, 2.75) is 19.3 Å². The molecular formula is C39H28BrN. The first kappa shape index (κ1) is 24.4. The van der Waals surface area contributed by atoms with E-state index in [1.54, 1.807) is 0 Å². The number of benzene rings is 6. The fourth-order valence-corrected chi connectivity index (χ4v) is 7.34. The Bertz CT molecular complexity index is 2150. The van der Waals surface area contributed by atoms with Gasteiger partial charge in [0.1, 0.15) is 0 Å². The summed E-state index contributed by atoms with van der Waals surface area (Å²) < 4.78 is 3.54. The van der Waals surface area contributed by atoms with E-state index in [1.165, 1.54) is 72.0 Å². The van der Waals surface area contributed by atoms with E-state index >= 15 is 0 Å². The molecule has 6 aromatic carbocycles. The van der Waals surface area contributed by atoms with Gasteiger partial charge >= 0.3 is 0 Å². The fraction of sp³-hybridized carbons (Fsp3) is 0.0769. The molecule has 0 saturated heterocycles. The van der Waals surface area contributed by atoms with E-state index in [-0.39, 0.29) is 5.41 Å². The molecule has 0 amide bonds. The van der Waals surface area contributed by atoms with Crippen LogP contribution in [0.2, 0.25) is 0 Å². The predicted octanol–water partition coefficient (Wildman–Crippen LogP) is 11.2. The minimum absolute atomic E-state index is 0.0351. The molecule has 1 aliphatic carbocycles. The Morgan fingerprint density at radius 1 is 0.488 bits per heavy atom. The predicted molar refractivity (Wildman–Crippen MR) is 177 cm³/mol. The van der Waals surface area contributed by atoms with E-state index < -0.39 is 0 Å². The second-order valence-corrected chi connectivity index (χ2v) is 12.4. The number of halogens is 1. The molecular weight excluding hydrogens is 562 g/mol. The summed E-state index contributed by atoms with van der Waals surface area (Å²) in [7, 11) is 0. The Kier molecular flexibility index (Phi) is 5.39. The number of fused-ring (bicyclic) bond motifs is 6. The van der Waals surface area contributed by atoms with Crippen LogP contribution in [0.5, 0.6) is 0 Å². The largest absolute Gasteiger partial charge is 0.309 e. The Morgan fingerprint density at radius 2 is 1.17 bits per heavy atom. The highest BCUT2D eigenvalue weighted by Crippen LogP contribution is 2.49. The Hall–Kier alpha value is -4.40. The van der Waals surface area contributed by atoms with Gasteiger partial charge in [-0.25, -0.2) is 0 Å². The highest BCUT2D eigenvalue weighted by molar-refractivity contribution is 9.10. The van der Waals surface area contributed by atoms with Crippen molar-refractivity contribution < 1.29 is 0 Å². The quantitative estimate of drug-likeness (QED) is 0.193. The molecule has 0 bridgehead atoms. The molecule has 0 N–H and O–H groups in total. The van der Waals surface area contributed by atoms with Gasteiger partial charge in [0.2, 0.25) is 0 Å².